The van der Waals surface area contributed by atoms with Crippen LogP contribution in [0.3, 0.4) is 0 Å². The van der Waals surface area contributed by atoms with Crippen LogP contribution in [0.25, 0.3) is 0 Å². The van der Waals surface area contributed by atoms with Crippen LogP contribution in [0.2, 0.25) is 10.0 Å². The highest BCUT2D eigenvalue weighted by Gasteiger charge is 2.51. The van der Waals surface area contributed by atoms with Crippen LogP contribution in [0.5, 0.6) is 0 Å². The van der Waals surface area contributed by atoms with E-state index < -0.39 is 17.4 Å². The molecule has 4 rings (SSSR count). The van der Waals surface area contributed by atoms with E-state index in [1.807, 2.05) is 0 Å². The molecule has 142 valence electrons. The summed E-state index contributed by atoms with van der Waals surface area (Å²) in [5, 5.41) is 12.3. The first-order chi connectivity index (χ1) is 13.3. The summed E-state index contributed by atoms with van der Waals surface area (Å²) in [5.41, 5.74) is -1.02. The highest BCUT2D eigenvalue weighted by Crippen LogP contribution is 2.44. The predicted octanol–water partition coefficient (Wildman–Crippen LogP) is 5.14. The zero-order valence-electron chi connectivity index (χ0n) is 14.2. The standard InChI is InChI=1S/C20H12BrCl2FN2O2/c21-11-1-5-16-15(7-11)19(27)26(10-14-4-2-13(23)9-25-14)20(16,28)17-6-3-12(22)8-18(17)24/h1-9,28H,10H2. The van der Waals surface area contributed by atoms with Crippen molar-refractivity contribution in [2.24, 2.45) is 0 Å². The van der Waals surface area contributed by atoms with Crippen LogP contribution in [0.15, 0.2) is 59.2 Å². The van der Waals surface area contributed by atoms with E-state index in [0.29, 0.717) is 15.2 Å². The minimum Gasteiger partial charge on any atom is -0.363 e. The van der Waals surface area contributed by atoms with Crippen molar-refractivity contribution in [2.45, 2.75) is 12.3 Å². The largest absolute Gasteiger partial charge is 0.363 e. The second kappa shape index (κ2) is 7.12. The lowest BCUT2D eigenvalue weighted by Gasteiger charge is -2.35. The van der Waals surface area contributed by atoms with Crippen LogP contribution in [0, 0.1) is 5.82 Å². The molecule has 3 aromatic rings. The first-order valence-electron chi connectivity index (χ1n) is 8.21. The van der Waals surface area contributed by atoms with E-state index >= 15 is 0 Å². The molecule has 8 heteroatoms. The molecule has 0 saturated heterocycles. The number of aliphatic hydroxyl groups is 1. The number of fused-ring (bicyclic) bond motifs is 1. The van der Waals surface area contributed by atoms with Gasteiger partial charge in [-0.25, -0.2) is 4.39 Å². The highest BCUT2D eigenvalue weighted by molar-refractivity contribution is 9.10. The maximum absolute atomic E-state index is 14.8. The molecule has 0 saturated carbocycles. The molecule has 4 nitrogen and oxygen atoms in total. The lowest BCUT2D eigenvalue weighted by molar-refractivity contribution is -0.0570. The van der Waals surface area contributed by atoms with E-state index in [4.69, 9.17) is 23.2 Å². The third-order valence-electron chi connectivity index (χ3n) is 4.64. The van der Waals surface area contributed by atoms with Crippen LogP contribution in [0.1, 0.15) is 27.2 Å². The normalized spacial score (nSPS) is 18.5. The monoisotopic (exact) mass is 480 g/mol. The number of rotatable bonds is 3. The molecule has 0 aliphatic carbocycles. The van der Waals surface area contributed by atoms with Crippen molar-refractivity contribution in [1.82, 2.24) is 9.88 Å². The molecule has 1 N–H and O–H groups in total. The van der Waals surface area contributed by atoms with Crippen molar-refractivity contribution >= 4 is 45.0 Å². The van der Waals surface area contributed by atoms with Crippen LogP contribution in [0.4, 0.5) is 4.39 Å². The van der Waals surface area contributed by atoms with E-state index in [1.165, 1.54) is 23.2 Å². The van der Waals surface area contributed by atoms with Crippen molar-refractivity contribution in [3.63, 3.8) is 0 Å². The van der Waals surface area contributed by atoms with Gasteiger partial charge in [0.05, 0.1) is 17.3 Å². The number of hydrogen-bond donors (Lipinski definition) is 1. The number of halogens is 4. The molecule has 2 aromatic carbocycles. The van der Waals surface area contributed by atoms with E-state index in [2.05, 4.69) is 20.9 Å². The van der Waals surface area contributed by atoms with Gasteiger partial charge in [-0.2, -0.15) is 0 Å². The summed E-state index contributed by atoms with van der Waals surface area (Å²) >= 11 is 15.1. The van der Waals surface area contributed by atoms with E-state index in [1.54, 1.807) is 30.3 Å². The van der Waals surface area contributed by atoms with E-state index in [-0.39, 0.29) is 28.3 Å². The summed E-state index contributed by atoms with van der Waals surface area (Å²) in [4.78, 5) is 18.5. The second-order valence-electron chi connectivity index (χ2n) is 6.35. The zero-order valence-corrected chi connectivity index (χ0v) is 17.3. The Kier molecular flexibility index (Phi) is 4.91. The van der Waals surface area contributed by atoms with Crippen LogP contribution < -0.4 is 0 Å². The maximum Gasteiger partial charge on any atom is 0.257 e. The number of amides is 1. The summed E-state index contributed by atoms with van der Waals surface area (Å²) in [5.74, 6) is -1.16. The minimum atomic E-state index is -2.01. The van der Waals surface area contributed by atoms with Gasteiger partial charge in [-0.05, 0) is 42.5 Å². The summed E-state index contributed by atoms with van der Waals surface area (Å²) < 4.78 is 15.5. The second-order valence-corrected chi connectivity index (χ2v) is 8.13. The highest BCUT2D eigenvalue weighted by atomic mass is 79.9. The number of nitrogens with zero attached hydrogens (tertiary/aromatic N) is 2. The SMILES string of the molecule is O=C1c2cc(Br)ccc2C(O)(c2ccc(Cl)cc2F)N1Cc1ccc(Cl)cn1. The third-order valence-corrected chi connectivity index (χ3v) is 5.59. The van der Waals surface area contributed by atoms with E-state index in [9.17, 15) is 14.3 Å². The van der Waals surface area contributed by atoms with Gasteiger partial charge in [0.1, 0.15) is 5.82 Å². The molecule has 1 atom stereocenters. The number of carbonyl (C=O) groups excluding carboxylic acids is 1. The van der Waals surface area contributed by atoms with Gasteiger partial charge in [0.15, 0.2) is 5.72 Å². The third kappa shape index (κ3) is 3.10. The fourth-order valence-corrected chi connectivity index (χ4v) is 3.98. The summed E-state index contributed by atoms with van der Waals surface area (Å²) in [6, 6.07) is 12.1. The van der Waals surface area contributed by atoms with Crippen LogP contribution >= 0.6 is 39.1 Å². The van der Waals surface area contributed by atoms with Crippen molar-refractivity contribution in [2.75, 3.05) is 0 Å². The van der Waals surface area contributed by atoms with Gasteiger partial charge in [0, 0.05) is 32.4 Å². The molecule has 1 aliphatic heterocycles. The fraction of sp³-hybridized carbons (Fsp3) is 0.100. The minimum absolute atomic E-state index is 0.0408. The van der Waals surface area contributed by atoms with Gasteiger partial charge in [0.2, 0.25) is 0 Å². The lowest BCUT2D eigenvalue weighted by atomic mass is 9.93. The molecule has 1 amide bonds. The Hall–Kier alpha value is -1.99. The molecule has 0 fully saturated rings. The average Bonchev–Trinajstić information content (AvgIpc) is 2.85. The Morgan fingerprint density at radius 1 is 1.07 bits per heavy atom. The summed E-state index contributed by atoms with van der Waals surface area (Å²) in [7, 11) is 0. The Labute approximate surface area is 178 Å². The number of aromatic nitrogens is 1. The quantitative estimate of drug-likeness (QED) is 0.563. The first-order valence-corrected chi connectivity index (χ1v) is 9.76. The van der Waals surface area contributed by atoms with E-state index in [0.717, 1.165) is 6.07 Å². The molecular weight excluding hydrogens is 470 g/mol. The predicted molar refractivity (Wildman–Crippen MR) is 108 cm³/mol. The lowest BCUT2D eigenvalue weighted by Crippen LogP contribution is -2.45. The van der Waals surface area contributed by atoms with Crippen molar-refractivity contribution < 1.29 is 14.3 Å². The smallest absolute Gasteiger partial charge is 0.257 e. The first kappa shape index (κ1) is 19.3. The number of pyridine rings is 1. The Balaban J connectivity index is 1.90. The maximum atomic E-state index is 14.8. The fourth-order valence-electron chi connectivity index (χ4n) is 3.35. The molecule has 2 heterocycles. The molecule has 0 bridgehead atoms. The number of carbonyl (C=O) groups is 1. The Morgan fingerprint density at radius 3 is 2.46 bits per heavy atom. The van der Waals surface area contributed by atoms with Crippen molar-refractivity contribution in [3.05, 3.63) is 97.4 Å². The number of hydrogen-bond acceptors (Lipinski definition) is 3. The van der Waals surface area contributed by atoms with Crippen molar-refractivity contribution in [1.29, 1.82) is 0 Å². The summed E-state index contributed by atoms with van der Waals surface area (Å²) in [6.07, 6.45) is 1.45. The molecular formula is C20H12BrCl2FN2O2. The topological polar surface area (TPSA) is 53.4 Å². The van der Waals surface area contributed by atoms with Gasteiger partial charge in [-0.3, -0.25) is 14.7 Å². The molecule has 1 aromatic heterocycles. The number of benzene rings is 2. The van der Waals surface area contributed by atoms with Gasteiger partial charge >= 0.3 is 0 Å². The molecule has 1 aliphatic rings. The van der Waals surface area contributed by atoms with Crippen LogP contribution in [-0.2, 0) is 12.3 Å². The molecule has 0 radical (unpaired) electrons. The Bertz CT molecular complexity index is 1090. The van der Waals surface area contributed by atoms with Gasteiger partial charge in [0.25, 0.3) is 5.91 Å². The molecule has 28 heavy (non-hydrogen) atoms. The van der Waals surface area contributed by atoms with Gasteiger partial charge in [-0.15, -0.1) is 0 Å². The van der Waals surface area contributed by atoms with Gasteiger partial charge < -0.3 is 5.11 Å². The summed E-state index contributed by atoms with van der Waals surface area (Å²) in [6.45, 7) is -0.0408. The molecule has 0 spiro atoms. The average molecular weight is 482 g/mol. The molecule has 1 unspecified atom stereocenters. The van der Waals surface area contributed by atoms with Gasteiger partial charge in [-0.1, -0.05) is 45.2 Å². The Morgan fingerprint density at radius 2 is 1.79 bits per heavy atom. The van der Waals surface area contributed by atoms with Crippen LogP contribution in [-0.4, -0.2) is 20.9 Å². The van der Waals surface area contributed by atoms with Crippen molar-refractivity contribution in [3.8, 4) is 0 Å². The zero-order chi connectivity index (χ0) is 20.1.